The molecule has 0 aliphatic rings. The highest BCUT2D eigenvalue weighted by Crippen LogP contribution is 2.15. The van der Waals surface area contributed by atoms with Gasteiger partial charge in [0.2, 0.25) is 0 Å². The highest BCUT2D eigenvalue weighted by atomic mass is 16.6. The third kappa shape index (κ3) is 48.7. The van der Waals surface area contributed by atoms with E-state index in [1.54, 1.807) is 0 Å². The lowest BCUT2D eigenvalue weighted by atomic mass is 10.0. The second kappa shape index (κ2) is 51.3. The molecule has 0 radical (unpaired) electrons. The molecule has 0 aromatic heterocycles. The Labute approximate surface area is 385 Å². The molecule has 0 saturated heterocycles. The molecule has 0 aliphatic carbocycles. The van der Waals surface area contributed by atoms with Gasteiger partial charge in [0.05, 0.1) is 0 Å². The van der Waals surface area contributed by atoms with Crippen molar-refractivity contribution in [1.29, 1.82) is 0 Å². The molecule has 362 valence electrons. The average molecular weight is 871 g/mol. The summed E-state index contributed by atoms with van der Waals surface area (Å²) in [5.74, 6) is -0.880. The first-order valence-electron chi connectivity index (χ1n) is 27.0. The maximum Gasteiger partial charge on any atom is 0.306 e. The van der Waals surface area contributed by atoms with Crippen LogP contribution in [-0.4, -0.2) is 37.2 Å². The van der Waals surface area contributed by atoms with Crippen LogP contribution in [0.3, 0.4) is 0 Å². The Kier molecular flexibility index (Phi) is 49.3. The van der Waals surface area contributed by atoms with Gasteiger partial charge >= 0.3 is 17.9 Å². The van der Waals surface area contributed by atoms with Gasteiger partial charge in [-0.3, -0.25) is 14.4 Å². The molecule has 6 nitrogen and oxygen atoms in total. The molecule has 0 rings (SSSR count). The van der Waals surface area contributed by atoms with Crippen molar-refractivity contribution in [1.82, 2.24) is 0 Å². The van der Waals surface area contributed by atoms with E-state index >= 15 is 0 Å². The predicted octanol–water partition coefficient (Wildman–Crippen LogP) is 17.7. The molecule has 0 heterocycles. The first-order chi connectivity index (χ1) is 30.5. The van der Waals surface area contributed by atoms with Gasteiger partial charge in [0.1, 0.15) is 13.2 Å². The summed E-state index contributed by atoms with van der Waals surface area (Å²) in [5, 5.41) is 0. The molecule has 0 aliphatic heterocycles. The number of rotatable bonds is 49. The van der Waals surface area contributed by atoms with Crippen molar-refractivity contribution in [2.24, 2.45) is 0 Å². The number of carbonyl (C=O) groups is 3. The Morgan fingerprint density at radius 1 is 0.323 bits per heavy atom. The van der Waals surface area contributed by atoms with Gasteiger partial charge in [0.25, 0.3) is 0 Å². The summed E-state index contributed by atoms with van der Waals surface area (Å²) >= 11 is 0. The van der Waals surface area contributed by atoms with Crippen molar-refractivity contribution in [2.75, 3.05) is 13.2 Å². The zero-order chi connectivity index (χ0) is 45.1. The summed E-state index contributed by atoms with van der Waals surface area (Å²) in [6, 6.07) is 0. The quantitative estimate of drug-likeness (QED) is 0.0262. The van der Waals surface area contributed by atoms with Gasteiger partial charge in [-0.2, -0.15) is 0 Å². The van der Waals surface area contributed by atoms with E-state index in [0.717, 1.165) is 77.0 Å². The van der Waals surface area contributed by atoms with Gasteiger partial charge in [-0.1, -0.05) is 224 Å². The fourth-order valence-electron chi connectivity index (χ4n) is 7.76. The van der Waals surface area contributed by atoms with Crippen LogP contribution >= 0.6 is 0 Å². The van der Waals surface area contributed by atoms with Crippen molar-refractivity contribution in [3.05, 3.63) is 36.5 Å². The molecule has 0 saturated carbocycles. The van der Waals surface area contributed by atoms with E-state index in [-0.39, 0.29) is 31.1 Å². The molecule has 6 heteroatoms. The highest BCUT2D eigenvalue weighted by molar-refractivity contribution is 5.71. The van der Waals surface area contributed by atoms with Crippen LogP contribution in [0.15, 0.2) is 36.5 Å². The molecule has 0 fully saturated rings. The zero-order valence-electron chi connectivity index (χ0n) is 41.4. The van der Waals surface area contributed by atoms with Crippen LogP contribution in [0.2, 0.25) is 0 Å². The first kappa shape index (κ1) is 59.6. The molecule has 0 aromatic carbocycles. The Balaban J connectivity index is 4.36. The summed E-state index contributed by atoms with van der Waals surface area (Å²) in [5.41, 5.74) is 0. The van der Waals surface area contributed by atoms with Gasteiger partial charge in [0.15, 0.2) is 6.10 Å². The van der Waals surface area contributed by atoms with Crippen molar-refractivity contribution < 1.29 is 28.6 Å². The van der Waals surface area contributed by atoms with Gasteiger partial charge < -0.3 is 14.2 Å². The van der Waals surface area contributed by atoms with Crippen molar-refractivity contribution in [2.45, 2.75) is 290 Å². The summed E-state index contributed by atoms with van der Waals surface area (Å²) in [4.78, 5) is 38.0. The van der Waals surface area contributed by atoms with Gasteiger partial charge in [-0.15, -0.1) is 0 Å². The maximum atomic E-state index is 12.8. The van der Waals surface area contributed by atoms with Crippen molar-refractivity contribution in [3.63, 3.8) is 0 Å². The minimum atomic E-state index is -0.776. The van der Waals surface area contributed by atoms with Crippen LogP contribution in [0, 0.1) is 0 Å². The fraction of sp³-hybridized carbons (Fsp3) is 0.839. The number of allylic oxidation sites excluding steroid dienone is 6. The lowest BCUT2D eigenvalue weighted by molar-refractivity contribution is -0.167. The molecule has 1 unspecified atom stereocenters. The Bertz CT molecular complexity index is 1050. The second-order valence-electron chi connectivity index (χ2n) is 18.1. The summed E-state index contributed by atoms with van der Waals surface area (Å²) in [7, 11) is 0. The van der Waals surface area contributed by atoms with Gasteiger partial charge in [0, 0.05) is 19.3 Å². The molecular weight excluding hydrogens is 769 g/mol. The van der Waals surface area contributed by atoms with Gasteiger partial charge in [-0.25, -0.2) is 0 Å². The topological polar surface area (TPSA) is 78.9 Å². The van der Waals surface area contributed by atoms with Crippen LogP contribution < -0.4 is 0 Å². The van der Waals surface area contributed by atoms with E-state index in [1.165, 1.54) is 167 Å². The van der Waals surface area contributed by atoms with E-state index < -0.39 is 6.10 Å². The van der Waals surface area contributed by atoms with E-state index in [9.17, 15) is 14.4 Å². The number of unbranched alkanes of at least 4 members (excludes halogenated alkanes) is 32. The first-order valence-corrected chi connectivity index (χ1v) is 27.0. The number of hydrogen-bond acceptors (Lipinski definition) is 6. The second-order valence-corrected chi connectivity index (χ2v) is 18.1. The SMILES string of the molecule is CCCCC/C=C\C/C=C\CCCCCCCCCC(=O)OCC(COC(=O)CCCCCCCCCCCCCC)OC(=O)CCCCCCC/C=C\CCCCCCCC. The lowest BCUT2D eigenvalue weighted by Crippen LogP contribution is -2.30. The van der Waals surface area contributed by atoms with E-state index in [1.807, 2.05) is 0 Å². The fourth-order valence-corrected chi connectivity index (χ4v) is 7.76. The van der Waals surface area contributed by atoms with E-state index in [2.05, 4.69) is 57.2 Å². The molecule has 0 aromatic rings. The van der Waals surface area contributed by atoms with Crippen LogP contribution in [0.5, 0.6) is 0 Å². The largest absolute Gasteiger partial charge is 0.462 e. The number of carbonyl (C=O) groups excluding carboxylic acids is 3. The monoisotopic (exact) mass is 871 g/mol. The van der Waals surface area contributed by atoms with Crippen molar-refractivity contribution >= 4 is 17.9 Å². The highest BCUT2D eigenvalue weighted by Gasteiger charge is 2.19. The van der Waals surface area contributed by atoms with Gasteiger partial charge in [-0.05, 0) is 77.0 Å². The lowest BCUT2D eigenvalue weighted by Gasteiger charge is -2.18. The Morgan fingerprint density at radius 3 is 0.935 bits per heavy atom. The standard InChI is InChI=1S/C56H102O6/c1-4-7-10-13-16-19-22-25-27-28-30-31-34-37-40-43-46-49-55(58)61-52-53(51-60-54(57)48-45-42-39-36-33-24-21-18-15-12-9-6-3)62-56(59)50-47-44-41-38-35-32-29-26-23-20-17-14-11-8-5-2/h16,19,25-27,29,53H,4-15,17-18,20-24,28,30-52H2,1-3H3/b19-16-,27-25-,29-26-. The number of hydrogen-bond donors (Lipinski definition) is 0. The average Bonchev–Trinajstić information content (AvgIpc) is 3.27. The third-order valence-corrected chi connectivity index (χ3v) is 11.9. The maximum absolute atomic E-state index is 12.8. The van der Waals surface area contributed by atoms with Crippen LogP contribution in [0.1, 0.15) is 284 Å². The smallest absolute Gasteiger partial charge is 0.306 e. The van der Waals surface area contributed by atoms with Crippen LogP contribution in [0.25, 0.3) is 0 Å². The normalized spacial score (nSPS) is 12.2. The molecule has 62 heavy (non-hydrogen) atoms. The minimum Gasteiger partial charge on any atom is -0.462 e. The van der Waals surface area contributed by atoms with Crippen LogP contribution in [-0.2, 0) is 28.6 Å². The minimum absolute atomic E-state index is 0.0750. The molecule has 0 bridgehead atoms. The third-order valence-electron chi connectivity index (χ3n) is 11.9. The molecule has 1 atom stereocenters. The molecule has 0 amide bonds. The number of ether oxygens (including phenoxy) is 3. The summed E-state index contributed by atoms with van der Waals surface area (Å²) < 4.78 is 16.8. The number of esters is 3. The molecular formula is C56H102O6. The molecule has 0 N–H and O–H groups in total. The predicted molar refractivity (Wildman–Crippen MR) is 266 cm³/mol. The summed E-state index contributed by atoms with van der Waals surface area (Å²) in [6.45, 7) is 6.62. The zero-order valence-corrected chi connectivity index (χ0v) is 41.4. The summed E-state index contributed by atoms with van der Waals surface area (Å²) in [6.07, 6.45) is 59.8. The molecule has 0 spiro atoms. The van der Waals surface area contributed by atoms with Crippen molar-refractivity contribution in [3.8, 4) is 0 Å². The van der Waals surface area contributed by atoms with E-state index in [0.29, 0.717) is 19.3 Å². The van der Waals surface area contributed by atoms with E-state index in [4.69, 9.17) is 14.2 Å². The Morgan fingerprint density at radius 2 is 0.581 bits per heavy atom. The Hall–Kier alpha value is -2.37. The van der Waals surface area contributed by atoms with Crippen LogP contribution in [0.4, 0.5) is 0 Å².